The zero-order chi connectivity index (χ0) is 15.5. The molecule has 5 nitrogen and oxygen atoms in total. The number of aliphatic hydroxyl groups is 1. The van der Waals surface area contributed by atoms with Crippen LogP contribution in [-0.4, -0.2) is 41.4 Å². The van der Waals surface area contributed by atoms with Crippen LogP contribution in [0.15, 0.2) is 30.3 Å². The van der Waals surface area contributed by atoms with E-state index >= 15 is 0 Å². The summed E-state index contributed by atoms with van der Waals surface area (Å²) in [6, 6.07) is 8.31. The third-order valence-electron chi connectivity index (χ3n) is 3.57. The second-order valence-corrected chi connectivity index (χ2v) is 5.11. The van der Waals surface area contributed by atoms with Crippen LogP contribution in [0.5, 0.6) is 0 Å². The maximum absolute atomic E-state index is 13.7. The van der Waals surface area contributed by atoms with Gasteiger partial charge in [0.05, 0.1) is 12.7 Å². The van der Waals surface area contributed by atoms with Gasteiger partial charge in [0.2, 0.25) is 0 Å². The van der Waals surface area contributed by atoms with Crippen molar-refractivity contribution in [1.29, 1.82) is 0 Å². The van der Waals surface area contributed by atoms with Gasteiger partial charge in [0, 0.05) is 18.4 Å². The molecule has 1 aliphatic rings. The van der Waals surface area contributed by atoms with Crippen LogP contribution in [0, 0.1) is 0 Å². The van der Waals surface area contributed by atoms with E-state index in [1.807, 2.05) is 0 Å². The fourth-order valence-corrected chi connectivity index (χ4v) is 2.51. The fourth-order valence-electron chi connectivity index (χ4n) is 2.51. The van der Waals surface area contributed by atoms with Crippen LogP contribution in [0.1, 0.15) is 30.1 Å². The third kappa shape index (κ3) is 3.21. The Balaban J connectivity index is 2.21. The minimum atomic E-state index is -1.56. The molecular weight excluding hydrogens is 277 g/mol. The Morgan fingerprint density at radius 3 is 2.57 bits per heavy atom. The number of hydrogen-bond donors (Lipinski definition) is 2. The van der Waals surface area contributed by atoms with Gasteiger partial charge in [-0.1, -0.05) is 18.2 Å². The number of alkyl halides is 1. The number of rotatable bonds is 4. The first-order valence-electron chi connectivity index (χ1n) is 6.85. The highest BCUT2D eigenvalue weighted by Crippen LogP contribution is 2.34. The molecule has 1 fully saturated rings. The molecule has 3 unspecified atom stereocenters. The largest absolute Gasteiger partial charge is 0.464 e. The Bertz CT molecular complexity index is 510. The molecular formula is C15H18FNO4. The molecule has 0 bridgehead atoms. The molecule has 2 N–H and O–H groups in total. The first-order valence-corrected chi connectivity index (χ1v) is 6.85. The lowest BCUT2D eigenvalue weighted by molar-refractivity contribution is -0.151. The Labute approximate surface area is 122 Å². The van der Waals surface area contributed by atoms with E-state index in [1.165, 1.54) is 0 Å². The van der Waals surface area contributed by atoms with Gasteiger partial charge in [-0.2, -0.15) is 0 Å². The van der Waals surface area contributed by atoms with Crippen LogP contribution in [0.3, 0.4) is 0 Å². The van der Waals surface area contributed by atoms with Crippen molar-refractivity contribution in [1.82, 2.24) is 5.32 Å². The number of halogens is 1. The van der Waals surface area contributed by atoms with Crippen LogP contribution in [-0.2, 0) is 9.53 Å². The summed E-state index contributed by atoms with van der Waals surface area (Å²) in [6.07, 6.45) is -3.33. The highest BCUT2D eigenvalue weighted by atomic mass is 19.1. The molecule has 21 heavy (non-hydrogen) atoms. The summed E-state index contributed by atoms with van der Waals surface area (Å²) in [4.78, 5) is 24.3. The highest BCUT2D eigenvalue weighted by molar-refractivity contribution is 5.98. The van der Waals surface area contributed by atoms with Crippen molar-refractivity contribution in [3.63, 3.8) is 0 Å². The molecule has 0 saturated heterocycles. The Morgan fingerprint density at radius 2 is 2.05 bits per heavy atom. The maximum atomic E-state index is 13.7. The zero-order valence-corrected chi connectivity index (χ0v) is 11.7. The number of carbonyl (C=O) groups excluding carboxylic acids is 2. The number of carbonyl (C=O) groups is 2. The number of nitrogens with one attached hydrogen (secondary N) is 1. The van der Waals surface area contributed by atoms with E-state index in [0.29, 0.717) is 5.56 Å². The molecule has 1 aromatic rings. The summed E-state index contributed by atoms with van der Waals surface area (Å²) < 4.78 is 18.6. The molecule has 0 radical (unpaired) electrons. The topological polar surface area (TPSA) is 75.6 Å². The summed E-state index contributed by atoms with van der Waals surface area (Å²) in [6.45, 7) is 1.75. The quantitative estimate of drug-likeness (QED) is 0.819. The Hall–Kier alpha value is -1.95. The summed E-state index contributed by atoms with van der Waals surface area (Å²) in [5.41, 5.74) is -1.15. The van der Waals surface area contributed by atoms with Crippen molar-refractivity contribution in [2.24, 2.45) is 0 Å². The van der Waals surface area contributed by atoms with Crippen molar-refractivity contribution in [3.05, 3.63) is 35.9 Å². The van der Waals surface area contributed by atoms with Crippen molar-refractivity contribution in [2.75, 3.05) is 6.61 Å². The summed E-state index contributed by atoms with van der Waals surface area (Å²) in [7, 11) is 0. The average Bonchev–Trinajstić information content (AvgIpc) is 2.76. The first kappa shape index (κ1) is 15.4. The van der Waals surface area contributed by atoms with E-state index in [2.05, 4.69) is 5.32 Å². The van der Waals surface area contributed by atoms with Crippen LogP contribution < -0.4 is 5.32 Å². The van der Waals surface area contributed by atoms with Gasteiger partial charge in [0.25, 0.3) is 5.91 Å². The molecule has 0 aliphatic heterocycles. The van der Waals surface area contributed by atoms with E-state index in [0.717, 1.165) is 0 Å². The van der Waals surface area contributed by atoms with Crippen LogP contribution in [0.4, 0.5) is 4.39 Å². The van der Waals surface area contributed by atoms with Gasteiger partial charge in [-0.25, -0.2) is 9.18 Å². The number of benzene rings is 1. The number of ether oxygens (including phenoxy) is 1. The monoisotopic (exact) mass is 295 g/mol. The van der Waals surface area contributed by atoms with Crippen molar-refractivity contribution >= 4 is 11.9 Å². The SMILES string of the molecule is CCOC(=O)C1(NC(=O)c2ccccc2)CC(O)C(F)C1. The molecule has 1 aliphatic carbocycles. The number of esters is 1. The minimum absolute atomic E-state index is 0.120. The number of aliphatic hydroxyl groups excluding tert-OH is 1. The molecule has 0 heterocycles. The van der Waals surface area contributed by atoms with Gasteiger partial charge in [0.1, 0.15) is 11.7 Å². The van der Waals surface area contributed by atoms with Crippen molar-refractivity contribution in [2.45, 2.75) is 37.6 Å². The molecule has 1 aromatic carbocycles. The average molecular weight is 295 g/mol. The van der Waals surface area contributed by atoms with E-state index in [4.69, 9.17) is 4.74 Å². The Kier molecular flexibility index (Phi) is 4.57. The van der Waals surface area contributed by atoms with E-state index < -0.39 is 29.7 Å². The Morgan fingerprint density at radius 1 is 1.38 bits per heavy atom. The van der Waals surface area contributed by atoms with E-state index in [-0.39, 0.29) is 19.4 Å². The predicted molar refractivity (Wildman–Crippen MR) is 73.4 cm³/mol. The van der Waals surface area contributed by atoms with Gasteiger partial charge >= 0.3 is 5.97 Å². The number of hydrogen-bond acceptors (Lipinski definition) is 4. The van der Waals surface area contributed by atoms with Crippen LogP contribution in [0.2, 0.25) is 0 Å². The number of amides is 1. The van der Waals surface area contributed by atoms with Crippen LogP contribution in [0.25, 0.3) is 0 Å². The van der Waals surface area contributed by atoms with Gasteiger partial charge in [-0.3, -0.25) is 4.79 Å². The van der Waals surface area contributed by atoms with Gasteiger partial charge in [0.15, 0.2) is 0 Å². The second kappa shape index (κ2) is 6.22. The first-order chi connectivity index (χ1) is 9.98. The maximum Gasteiger partial charge on any atom is 0.332 e. The van der Waals surface area contributed by atoms with E-state index in [9.17, 15) is 19.1 Å². The van der Waals surface area contributed by atoms with E-state index in [1.54, 1.807) is 37.3 Å². The minimum Gasteiger partial charge on any atom is -0.464 e. The second-order valence-electron chi connectivity index (χ2n) is 5.11. The van der Waals surface area contributed by atoms with Crippen molar-refractivity contribution < 1.29 is 23.8 Å². The standard InChI is InChI=1S/C15H18FNO4/c1-2-21-14(20)15(8-11(16)12(18)9-15)17-13(19)10-6-4-3-5-7-10/h3-7,11-12,18H,2,8-9H2,1H3,(H,17,19). The van der Waals surface area contributed by atoms with Gasteiger partial charge in [-0.05, 0) is 19.1 Å². The molecule has 0 aromatic heterocycles. The lowest BCUT2D eigenvalue weighted by Gasteiger charge is -2.27. The molecule has 114 valence electrons. The zero-order valence-electron chi connectivity index (χ0n) is 11.7. The molecule has 3 atom stereocenters. The summed E-state index contributed by atoms with van der Waals surface area (Å²) in [5, 5.41) is 12.1. The van der Waals surface area contributed by atoms with Gasteiger partial charge < -0.3 is 15.2 Å². The lowest BCUT2D eigenvalue weighted by Crippen LogP contribution is -2.54. The lowest BCUT2D eigenvalue weighted by atomic mass is 9.96. The molecule has 0 spiro atoms. The smallest absolute Gasteiger partial charge is 0.332 e. The molecule has 2 rings (SSSR count). The van der Waals surface area contributed by atoms with Crippen LogP contribution >= 0.6 is 0 Å². The normalized spacial score (nSPS) is 28.1. The van der Waals surface area contributed by atoms with Crippen molar-refractivity contribution in [3.8, 4) is 0 Å². The third-order valence-corrected chi connectivity index (χ3v) is 3.57. The highest BCUT2D eigenvalue weighted by Gasteiger charge is 2.52. The molecule has 6 heteroatoms. The summed E-state index contributed by atoms with van der Waals surface area (Å²) >= 11 is 0. The predicted octanol–water partition coefficient (Wildman–Crippen LogP) is 1.21. The molecule has 1 saturated carbocycles. The molecule has 1 amide bonds. The summed E-state index contributed by atoms with van der Waals surface area (Å²) in [5.74, 6) is -1.21. The van der Waals surface area contributed by atoms with Gasteiger partial charge in [-0.15, -0.1) is 0 Å². The fraction of sp³-hybridized carbons (Fsp3) is 0.467.